The predicted molar refractivity (Wildman–Crippen MR) is 40.0 cm³/mol. The molecule has 0 aliphatic heterocycles. The fourth-order valence-electron chi connectivity index (χ4n) is 0.618. The maximum absolute atomic E-state index is 7.01. The first kappa shape index (κ1) is 8.62. The highest BCUT2D eigenvalue weighted by atomic mass is 19.0. The smallest absolute Gasteiger partial charge is 0.122 e. The van der Waals surface area contributed by atoms with Gasteiger partial charge >= 0.3 is 0 Å². The number of benzene rings is 1. The monoisotopic (exact) mass is 140 g/mol. The number of rotatable bonds is 1. The Labute approximate surface area is 58.6 Å². The quantitative estimate of drug-likeness (QED) is 0.445. The van der Waals surface area contributed by atoms with Crippen molar-refractivity contribution >= 4 is 5.84 Å². The second kappa shape index (κ2) is 3.61. The Morgan fingerprint density at radius 2 is 1.70 bits per heavy atom. The Morgan fingerprint density at radius 1 is 1.20 bits per heavy atom. The van der Waals surface area contributed by atoms with Crippen LogP contribution in [0.15, 0.2) is 30.3 Å². The molecule has 0 atom stereocenters. The average molecular weight is 140 g/mol. The molecule has 3 N–H and O–H groups in total. The predicted octanol–water partition coefficient (Wildman–Crippen LogP) is 1.12. The molecule has 10 heavy (non-hydrogen) atoms. The van der Waals surface area contributed by atoms with Crippen molar-refractivity contribution in [2.45, 2.75) is 0 Å². The second-order valence-electron chi connectivity index (χ2n) is 1.78. The van der Waals surface area contributed by atoms with Crippen LogP contribution < -0.4 is 5.73 Å². The molecule has 0 unspecified atom stereocenters. The van der Waals surface area contributed by atoms with Crippen molar-refractivity contribution in [1.82, 2.24) is 0 Å². The van der Waals surface area contributed by atoms with E-state index in [2.05, 4.69) is 0 Å². The summed E-state index contributed by atoms with van der Waals surface area (Å²) in [5.74, 6) is 0.121. The number of hydrogen-bond acceptors (Lipinski definition) is 1. The van der Waals surface area contributed by atoms with Gasteiger partial charge in [0.15, 0.2) is 0 Å². The lowest BCUT2D eigenvalue weighted by molar-refractivity contribution is 1.11. The molecule has 0 spiro atoms. The van der Waals surface area contributed by atoms with E-state index in [-0.39, 0.29) is 10.5 Å². The maximum atomic E-state index is 7.01. The van der Waals surface area contributed by atoms with Crippen LogP contribution in [-0.4, -0.2) is 5.84 Å². The summed E-state index contributed by atoms with van der Waals surface area (Å²) in [6.45, 7) is 0. The van der Waals surface area contributed by atoms with Crippen LogP contribution in [0.25, 0.3) is 0 Å². The summed E-state index contributed by atoms with van der Waals surface area (Å²) in [4.78, 5) is 0. The van der Waals surface area contributed by atoms with Gasteiger partial charge in [0, 0.05) is 5.56 Å². The minimum Gasteiger partial charge on any atom is -0.384 e. The largest absolute Gasteiger partial charge is 0.384 e. The summed E-state index contributed by atoms with van der Waals surface area (Å²) in [7, 11) is 0. The third-order valence-corrected chi connectivity index (χ3v) is 1.08. The normalized spacial score (nSPS) is 8.00. The highest BCUT2D eigenvalue weighted by Gasteiger charge is 1.89. The molecule has 1 aromatic rings. The minimum atomic E-state index is 0. The molecule has 1 aromatic carbocycles. The van der Waals surface area contributed by atoms with Crippen molar-refractivity contribution in [2.75, 3.05) is 0 Å². The van der Waals surface area contributed by atoms with E-state index in [1.54, 1.807) is 0 Å². The summed E-state index contributed by atoms with van der Waals surface area (Å²) in [6, 6.07) is 9.23. The van der Waals surface area contributed by atoms with Gasteiger partial charge in [-0.25, -0.2) is 0 Å². The first-order valence-corrected chi connectivity index (χ1v) is 2.70. The lowest BCUT2D eigenvalue weighted by Gasteiger charge is -1.93. The summed E-state index contributed by atoms with van der Waals surface area (Å²) < 4.78 is 0. The zero-order valence-electron chi connectivity index (χ0n) is 5.37. The van der Waals surface area contributed by atoms with Crippen LogP contribution in [0, 0.1) is 5.41 Å². The van der Waals surface area contributed by atoms with Gasteiger partial charge in [0.1, 0.15) is 5.84 Å². The molecule has 0 heterocycles. The van der Waals surface area contributed by atoms with E-state index in [0.29, 0.717) is 0 Å². The molecule has 0 radical (unpaired) electrons. The lowest BCUT2D eigenvalue weighted by atomic mass is 10.2. The van der Waals surface area contributed by atoms with Gasteiger partial charge in [-0.2, -0.15) is 0 Å². The minimum absolute atomic E-state index is 0. The van der Waals surface area contributed by atoms with Crippen LogP contribution in [0.1, 0.15) is 5.56 Å². The van der Waals surface area contributed by atoms with Crippen molar-refractivity contribution < 1.29 is 4.70 Å². The van der Waals surface area contributed by atoms with E-state index < -0.39 is 0 Å². The topological polar surface area (TPSA) is 49.9 Å². The molecule has 0 amide bonds. The van der Waals surface area contributed by atoms with Gasteiger partial charge in [-0.15, -0.1) is 0 Å². The van der Waals surface area contributed by atoms with Gasteiger partial charge < -0.3 is 5.73 Å². The second-order valence-corrected chi connectivity index (χ2v) is 1.78. The Balaban J connectivity index is 0.000000810. The van der Waals surface area contributed by atoms with Crippen LogP contribution in [0.4, 0.5) is 4.70 Å². The van der Waals surface area contributed by atoms with E-state index in [0.717, 1.165) is 5.56 Å². The number of halogens is 1. The third kappa shape index (κ3) is 1.85. The third-order valence-electron chi connectivity index (χ3n) is 1.08. The lowest BCUT2D eigenvalue weighted by Crippen LogP contribution is -2.10. The van der Waals surface area contributed by atoms with Gasteiger partial charge in [-0.3, -0.25) is 10.1 Å². The van der Waals surface area contributed by atoms with Gasteiger partial charge in [0.25, 0.3) is 0 Å². The van der Waals surface area contributed by atoms with E-state index >= 15 is 0 Å². The van der Waals surface area contributed by atoms with Crippen LogP contribution in [0.3, 0.4) is 0 Å². The SMILES string of the molecule is F.N=C(N)c1ccccc1. The van der Waals surface area contributed by atoms with Crippen LogP contribution in [0.5, 0.6) is 0 Å². The van der Waals surface area contributed by atoms with Crippen molar-refractivity contribution in [3.05, 3.63) is 35.9 Å². The molecule has 0 fully saturated rings. The molecule has 3 heteroatoms. The van der Waals surface area contributed by atoms with Crippen molar-refractivity contribution in [3.63, 3.8) is 0 Å². The molecule has 0 aliphatic rings. The number of nitrogen functional groups attached to an aromatic ring is 1. The number of hydrogen-bond donors (Lipinski definition) is 2. The number of nitrogens with two attached hydrogens (primary N) is 1. The standard InChI is InChI=1S/C7H8N2.FH/c8-7(9)6-4-2-1-3-5-6;/h1-5H,(H3,8,9);1H. The van der Waals surface area contributed by atoms with E-state index in [4.69, 9.17) is 11.1 Å². The Bertz CT molecular complexity index is 208. The Kier molecular flexibility index (Phi) is 3.11. The summed E-state index contributed by atoms with van der Waals surface area (Å²) >= 11 is 0. The van der Waals surface area contributed by atoms with Crippen LogP contribution in [0.2, 0.25) is 0 Å². The zero-order valence-corrected chi connectivity index (χ0v) is 5.37. The van der Waals surface area contributed by atoms with E-state index in [9.17, 15) is 0 Å². The number of amidine groups is 1. The van der Waals surface area contributed by atoms with Gasteiger partial charge in [-0.1, -0.05) is 30.3 Å². The fourth-order valence-corrected chi connectivity index (χ4v) is 0.618. The molecular formula is C7H9FN2. The summed E-state index contributed by atoms with van der Waals surface area (Å²) in [5.41, 5.74) is 5.97. The Morgan fingerprint density at radius 3 is 2.00 bits per heavy atom. The number of nitrogens with one attached hydrogen (secondary N) is 1. The van der Waals surface area contributed by atoms with E-state index in [1.165, 1.54) is 0 Å². The molecule has 0 saturated heterocycles. The van der Waals surface area contributed by atoms with Gasteiger partial charge in [0.05, 0.1) is 0 Å². The molecule has 0 aliphatic carbocycles. The highest BCUT2D eigenvalue weighted by molar-refractivity contribution is 5.94. The fraction of sp³-hybridized carbons (Fsp3) is 0. The molecule has 0 saturated carbocycles. The molecular weight excluding hydrogens is 131 g/mol. The first-order valence-electron chi connectivity index (χ1n) is 2.70. The average Bonchev–Trinajstić information content (AvgIpc) is 1.90. The van der Waals surface area contributed by atoms with Crippen LogP contribution in [-0.2, 0) is 0 Å². The van der Waals surface area contributed by atoms with Crippen molar-refractivity contribution in [1.29, 1.82) is 5.41 Å². The zero-order chi connectivity index (χ0) is 6.69. The van der Waals surface area contributed by atoms with Crippen molar-refractivity contribution in [2.24, 2.45) is 5.73 Å². The Hall–Kier alpha value is -1.38. The molecule has 54 valence electrons. The molecule has 0 aromatic heterocycles. The first-order chi connectivity index (χ1) is 4.30. The summed E-state index contributed by atoms with van der Waals surface area (Å²) in [5, 5.41) is 7.01. The van der Waals surface area contributed by atoms with E-state index in [1.807, 2.05) is 30.3 Å². The molecule has 1 rings (SSSR count). The van der Waals surface area contributed by atoms with Gasteiger partial charge in [-0.05, 0) is 0 Å². The molecule has 2 nitrogen and oxygen atoms in total. The highest BCUT2D eigenvalue weighted by Crippen LogP contribution is 1.94. The maximum Gasteiger partial charge on any atom is 0.122 e. The molecule has 0 bridgehead atoms. The van der Waals surface area contributed by atoms with Crippen molar-refractivity contribution in [3.8, 4) is 0 Å². The summed E-state index contributed by atoms with van der Waals surface area (Å²) in [6.07, 6.45) is 0. The van der Waals surface area contributed by atoms with Crippen LogP contribution >= 0.6 is 0 Å². The van der Waals surface area contributed by atoms with Gasteiger partial charge in [0.2, 0.25) is 0 Å².